The Hall–Kier alpha value is -1.64. The molecule has 0 saturated heterocycles. The maximum absolute atomic E-state index is 4.62. The minimum absolute atomic E-state index is 0.250. The molecular formula is C14H18N2. The molecule has 2 aromatic rings. The molecule has 4 N–H and O–H groups in total. The average Bonchev–Trinajstić information content (AvgIpc) is 2.33. The molecule has 0 aromatic heterocycles. The third kappa shape index (κ3) is 4.73. The number of hydrogen-bond acceptors (Lipinski definition) is 2. The molecule has 0 radical (unpaired) electrons. The van der Waals surface area contributed by atoms with Gasteiger partial charge in [0.05, 0.1) is 0 Å². The first-order chi connectivity index (χ1) is 7.86. The van der Waals surface area contributed by atoms with Crippen LogP contribution in [-0.4, -0.2) is 6.67 Å². The highest BCUT2D eigenvalue weighted by Gasteiger charge is 1.92. The number of nitrogens with two attached hydrogens (primary N) is 2. The Morgan fingerprint density at radius 1 is 0.625 bits per heavy atom. The Kier molecular flexibility index (Phi) is 5.92. The third-order valence-corrected chi connectivity index (χ3v) is 2.09. The van der Waals surface area contributed by atoms with Crippen molar-refractivity contribution in [3.8, 4) is 0 Å². The lowest BCUT2D eigenvalue weighted by Crippen LogP contribution is -2.08. The molecule has 0 atom stereocenters. The second-order valence-electron chi connectivity index (χ2n) is 3.38. The SMILES string of the molecule is NCN.c1ccc(Cc2ccccc2)cc1. The summed E-state index contributed by atoms with van der Waals surface area (Å²) in [6.07, 6.45) is 1.03. The zero-order valence-corrected chi connectivity index (χ0v) is 9.34. The fraction of sp³-hybridized carbons (Fsp3) is 0.143. The molecule has 0 aliphatic heterocycles. The van der Waals surface area contributed by atoms with Crippen LogP contribution in [0.4, 0.5) is 0 Å². The topological polar surface area (TPSA) is 52.0 Å². The molecule has 0 bridgehead atoms. The monoisotopic (exact) mass is 214 g/mol. The van der Waals surface area contributed by atoms with Crippen molar-refractivity contribution in [3.05, 3.63) is 71.8 Å². The Morgan fingerprint density at radius 3 is 1.25 bits per heavy atom. The summed E-state index contributed by atoms with van der Waals surface area (Å²) in [4.78, 5) is 0. The Bertz CT molecular complexity index is 333. The van der Waals surface area contributed by atoms with Gasteiger partial charge in [-0.3, -0.25) is 0 Å². The van der Waals surface area contributed by atoms with Crippen molar-refractivity contribution in [2.24, 2.45) is 11.5 Å². The normalized spacial score (nSPS) is 9.12. The van der Waals surface area contributed by atoms with Crippen molar-refractivity contribution in [2.45, 2.75) is 6.42 Å². The maximum atomic E-state index is 4.62. The van der Waals surface area contributed by atoms with E-state index in [2.05, 4.69) is 72.1 Å². The quantitative estimate of drug-likeness (QED) is 0.752. The molecule has 2 nitrogen and oxygen atoms in total. The summed E-state index contributed by atoms with van der Waals surface area (Å²) in [5.41, 5.74) is 12.0. The van der Waals surface area contributed by atoms with Crippen molar-refractivity contribution >= 4 is 0 Å². The highest BCUT2D eigenvalue weighted by molar-refractivity contribution is 5.25. The second kappa shape index (κ2) is 7.63. The van der Waals surface area contributed by atoms with Crippen LogP contribution < -0.4 is 11.5 Å². The average molecular weight is 214 g/mol. The number of rotatable bonds is 2. The van der Waals surface area contributed by atoms with Crippen molar-refractivity contribution in [3.63, 3.8) is 0 Å². The van der Waals surface area contributed by atoms with Gasteiger partial charge in [0, 0.05) is 6.67 Å². The fourth-order valence-corrected chi connectivity index (χ4v) is 1.43. The van der Waals surface area contributed by atoms with Gasteiger partial charge in [-0.25, -0.2) is 0 Å². The van der Waals surface area contributed by atoms with Gasteiger partial charge in [-0.15, -0.1) is 0 Å². The van der Waals surface area contributed by atoms with Crippen molar-refractivity contribution < 1.29 is 0 Å². The van der Waals surface area contributed by atoms with Crippen LogP contribution in [0, 0.1) is 0 Å². The lowest BCUT2D eigenvalue weighted by molar-refractivity contribution is 1.07. The Labute approximate surface area is 96.9 Å². The van der Waals surface area contributed by atoms with Crippen LogP contribution >= 0.6 is 0 Å². The van der Waals surface area contributed by atoms with E-state index in [1.807, 2.05) is 0 Å². The van der Waals surface area contributed by atoms with Crippen molar-refractivity contribution in [1.29, 1.82) is 0 Å². The van der Waals surface area contributed by atoms with Gasteiger partial charge in [-0.2, -0.15) is 0 Å². The summed E-state index contributed by atoms with van der Waals surface area (Å²) >= 11 is 0. The Balaban J connectivity index is 0.000000386. The van der Waals surface area contributed by atoms with E-state index in [-0.39, 0.29) is 6.67 Å². The zero-order valence-electron chi connectivity index (χ0n) is 9.34. The van der Waals surface area contributed by atoms with E-state index in [1.165, 1.54) is 11.1 Å². The van der Waals surface area contributed by atoms with Crippen LogP contribution in [0.25, 0.3) is 0 Å². The van der Waals surface area contributed by atoms with E-state index < -0.39 is 0 Å². The Morgan fingerprint density at radius 2 is 0.938 bits per heavy atom. The maximum Gasteiger partial charge on any atom is 0.0403 e. The van der Waals surface area contributed by atoms with Crippen LogP contribution in [0.2, 0.25) is 0 Å². The van der Waals surface area contributed by atoms with Gasteiger partial charge in [-0.1, -0.05) is 60.7 Å². The summed E-state index contributed by atoms with van der Waals surface area (Å²) in [5, 5.41) is 0. The summed E-state index contributed by atoms with van der Waals surface area (Å²) in [7, 11) is 0. The standard InChI is InChI=1S/C13H12.CH6N2/c1-3-7-12(8-4-1)11-13-9-5-2-6-10-13;2-1-3/h1-10H,11H2;1-3H2. The lowest BCUT2D eigenvalue weighted by atomic mass is 10.1. The predicted octanol–water partition coefficient (Wildman–Crippen LogP) is 2.14. The molecule has 0 amide bonds. The highest BCUT2D eigenvalue weighted by Crippen LogP contribution is 2.07. The zero-order chi connectivity index (χ0) is 11.6. The summed E-state index contributed by atoms with van der Waals surface area (Å²) in [6, 6.07) is 21.1. The molecular weight excluding hydrogens is 196 g/mol. The van der Waals surface area contributed by atoms with Gasteiger partial charge >= 0.3 is 0 Å². The first-order valence-corrected chi connectivity index (χ1v) is 5.34. The molecule has 0 spiro atoms. The van der Waals surface area contributed by atoms with Crippen LogP contribution in [0.5, 0.6) is 0 Å². The molecule has 2 heteroatoms. The van der Waals surface area contributed by atoms with E-state index >= 15 is 0 Å². The minimum Gasteiger partial charge on any atom is -0.319 e. The highest BCUT2D eigenvalue weighted by atomic mass is 14.7. The largest absolute Gasteiger partial charge is 0.319 e. The van der Waals surface area contributed by atoms with Crippen molar-refractivity contribution in [2.75, 3.05) is 6.67 Å². The molecule has 0 fully saturated rings. The van der Waals surface area contributed by atoms with E-state index in [0.717, 1.165) is 6.42 Å². The van der Waals surface area contributed by atoms with E-state index in [9.17, 15) is 0 Å². The molecule has 0 aliphatic rings. The molecule has 0 unspecified atom stereocenters. The van der Waals surface area contributed by atoms with Gasteiger partial charge in [0.1, 0.15) is 0 Å². The van der Waals surface area contributed by atoms with Crippen LogP contribution in [0.3, 0.4) is 0 Å². The van der Waals surface area contributed by atoms with Gasteiger partial charge < -0.3 is 11.5 Å². The molecule has 2 aromatic carbocycles. The van der Waals surface area contributed by atoms with Crippen LogP contribution in [0.15, 0.2) is 60.7 Å². The second-order valence-corrected chi connectivity index (χ2v) is 3.38. The van der Waals surface area contributed by atoms with Crippen molar-refractivity contribution in [1.82, 2.24) is 0 Å². The molecule has 0 heterocycles. The molecule has 84 valence electrons. The summed E-state index contributed by atoms with van der Waals surface area (Å²) in [5.74, 6) is 0. The molecule has 0 saturated carbocycles. The minimum atomic E-state index is 0.250. The van der Waals surface area contributed by atoms with Gasteiger partial charge in [0.25, 0.3) is 0 Å². The molecule has 0 aliphatic carbocycles. The third-order valence-electron chi connectivity index (χ3n) is 2.09. The van der Waals surface area contributed by atoms with Crippen LogP contribution in [0.1, 0.15) is 11.1 Å². The number of hydrogen-bond donors (Lipinski definition) is 2. The van der Waals surface area contributed by atoms with E-state index in [0.29, 0.717) is 0 Å². The first-order valence-electron chi connectivity index (χ1n) is 5.34. The molecule has 2 rings (SSSR count). The summed E-state index contributed by atoms with van der Waals surface area (Å²) < 4.78 is 0. The predicted molar refractivity (Wildman–Crippen MR) is 68.9 cm³/mol. The molecule has 16 heavy (non-hydrogen) atoms. The van der Waals surface area contributed by atoms with E-state index in [1.54, 1.807) is 0 Å². The van der Waals surface area contributed by atoms with Gasteiger partial charge in [0.15, 0.2) is 0 Å². The first kappa shape index (κ1) is 12.4. The van der Waals surface area contributed by atoms with Gasteiger partial charge in [0.2, 0.25) is 0 Å². The lowest BCUT2D eigenvalue weighted by Gasteiger charge is -2.00. The van der Waals surface area contributed by atoms with Crippen LogP contribution in [-0.2, 0) is 6.42 Å². The smallest absolute Gasteiger partial charge is 0.0403 e. The summed E-state index contributed by atoms with van der Waals surface area (Å²) in [6.45, 7) is 0.250. The van der Waals surface area contributed by atoms with Gasteiger partial charge in [-0.05, 0) is 17.5 Å². The van der Waals surface area contributed by atoms with E-state index in [4.69, 9.17) is 0 Å². The fourth-order valence-electron chi connectivity index (χ4n) is 1.43. The number of benzene rings is 2.